The molecule has 2 heterocycles. The maximum absolute atomic E-state index is 12.1. The number of carboxylic acids is 1. The first-order valence-electron chi connectivity index (χ1n) is 11.1. The fourth-order valence-corrected chi connectivity index (χ4v) is 4.60. The fourth-order valence-electron chi connectivity index (χ4n) is 4.60. The molecule has 0 radical (unpaired) electrons. The number of nitrogens with one attached hydrogen (secondary N) is 2. The minimum Gasteiger partial charge on any atom is -0.478 e. The molecule has 166 valence electrons. The monoisotopic (exact) mass is 429 g/mol. The van der Waals surface area contributed by atoms with Crippen molar-refractivity contribution in [3.05, 3.63) is 93.4 Å². The summed E-state index contributed by atoms with van der Waals surface area (Å²) in [5, 5.41) is 14.6. The molecule has 0 spiro atoms. The maximum Gasteiger partial charge on any atom is 0.337 e. The second-order valence-electron chi connectivity index (χ2n) is 8.63. The van der Waals surface area contributed by atoms with Crippen molar-refractivity contribution in [2.45, 2.75) is 47.2 Å². The van der Waals surface area contributed by atoms with Gasteiger partial charge in [-0.05, 0) is 63.4 Å². The molecule has 0 saturated carbocycles. The number of H-pyrrole nitrogens is 1. The number of nitrogens with zero attached hydrogens (tertiary/aromatic N) is 1. The molecule has 0 fully saturated rings. The van der Waals surface area contributed by atoms with Crippen molar-refractivity contribution in [2.75, 3.05) is 6.54 Å². The Hall–Kier alpha value is -3.31. The van der Waals surface area contributed by atoms with Crippen LogP contribution in [-0.2, 0) is 19.5 Å². The van der Waals surface area contributed by atoms with Gasteiger partial charge in [-0.15, -0.1) is 0 Å². The third-order valence-corrected chi connectivity index (χ3v) is 6.50. The lowest BCUT2D eigenvalue weighted by atomic mass is 10.1. The molecule has 5 heteroatoms. The summed E-state index contributed by atoms with van der Waals surface area (Å²) in [5.74, 6) is -0.862. The van der Waals surface area contributed by atoms with E-state index in [-0.39, 0.29) is 0 Å². The zero-order valence-electron chi connectivity index (χ0n) is 19.2. The number of hydrogen-bond donors (Lipinski definition) is 3. The number of hydrogen-bond acceptors (Lipinski definition) is 2. The smallest absolute Gasteiger partial charge is 0.337 e. The number of benzene rings is 2. The van der Waals surface area contributed by atoms with Crippen LogP contribution in [0.5, 0.6) is 0 Å². The van der Waals surface area contributed by atoms with Gasteiger partial charge in [0.25, 0.3) is 0 Å². The van der Waals surface area contributed by atoms with Crippen LogP contribution in [0.25, 0.3) is 10.9 Å². The number of aryl methyl sites for hydroxylation is 2. The van der Waals surface area contributed by atoms with Gasteiger partial charge in [-0.3, -0.25) is 0 Å². The Bertz CT molecular complexity index is 1280. The summed E-state index contributed by atoms with van der Waals surface area (Å²) >= 11 is 0. The van der Waals surface area contributed by atoms with Gasteiger partial charge in [0.05, 0.1) is 5.56 Å². The van der Waals surface area contributed by atoms with Crippen molar-refractivity contribution < 1.29 is 9.90 Å². The van der Waals surface area contributed by atoms with Crippen LogP contribution in [-0.4, -0.2) is 27.2 Å². The molecular formula is C27H31N3O2. The molecule has 32 heavy (non-hydrogen) atoms. The van der Waals surface area contributed by atoms with E-state index in [1.807, 2.05) is 19.9 Å². The highest BCUT2D eigenvalue weighted by molar-refractivity contribution is 5.91. The zero-order valence-corrected chi connectivity index (χ0v) is 19.2. The Balaban J connectivity index is 1.52. The van der Waals surface area contributed by atoms with Gasteiger partial charge < -0.3 is 20.0 Å². The third-order valence-electron chi connectivity index (χ3n) is 6.50. The lowest BCUT2D eigenvalue weighted by Crippen LogP contribution is -2.18. The van der Waals surface area contributed by atoms with Gasteiger partial charge in [-0.1, -0.05) is 42.0 Å². The summed E-state index contributed by atoms with van der Waals surface area (Å²) in [5.41, 5.74) is 9.19. The van der Waals surface area contributed by atoms with E-state index in [0.29, 0.717) is 18.7 Å². The van der Waals surface area contributed by atoms with E-state index in [9.17, 15) is 9.90 Å². The maximum atomic E-state index is 12.1. The lowest BCUT2D eigenvalue weighted by Gasteiger charge is -2.13. The quantitative estimate of drug-likeness (QED) is 0.334. The molecule has 0 bridgehead atoms. The van der Waals surface area contributed by atoms with Crippen molar-refractivity contribution in [1.82, 2.24) is 14.9 Å². The summed E-state index contributed by atoms with van der Waals surface area (Å²) < 4.78 is 2.14. The van der Waals surface area contributed by atoms with Crippen LogP contribution in [0, 0.1) is 27.7 Å². The van der Waals surface area contributed by atoms with Crippen LogP contribution in [0.15, 0.2) is 48.7 Å². The molecular weight excluding hydrogens is 398 g/mol. The standard InChI is InChI=1S/C27H31N3O2/c1-17-9-10-18(2)22(13-17)16-30-19(3)24(26(20(30)4)27(31)32)15-28-12-11-21-14-29-25-8-6-5-7-23(21)25/h5-10,13-14,28-29H,11-12,15-16H2,1-4H3,(H,31,32). The van der Waals surface area contributed by atoms with Crippen molar-refractivity contribution in [3.63, 3.8) is 0 Å². The SMILES string of the molecule is Cc1ccc(C)c(Cn2c(C)c(CNCCc3c[nH]c4ccccc34)c(C(=O)O)c2C)c1. The Kier molecular flexibility index (Phi) is 6.19. The number of rotatable bonds is 8. The molecule has 3 N–H and O–H groups in total. The van der Waals surface area contributed by atoms with Crippen molar-refractivity contribution in [3.8, 4) is 0 Å². The third kappa shape index (κ3) is 4.21. The van der Waals surface area contributed by atoms with Gasteiger partial charge in [-0.2, -0.15) is 0 Å². The van der Waals surface area contributed by atoms with Crippen molar-refractivity contribution >= 4 is 16.9 Å². The van der Waals surface area contributed by atoms with E-state index in [1.165, 1.54) is 27.6 Å². The van der Waals surface area contributed by atoms with E-state index >= 15 is 0 Å². The van der Waals surface area contributed by atoms with Crippen LogP contribution in [0.3, 0.4) is 0 Å². The first-order valence-corrected chi connectivity index (χ1v) is 11.1. The van der Waals surface area contributed by atoms with Gasteiger partial charge in [-0.25, -0.2) is 4.79 Å². The summed E-state index contributed by atoms with van der Waals surface area (Å²) in [7, 11) is 0. The highest BCUT2D eigenvalue weighted by atomic mass is 16.4. The number of carboxylic acid groups (broad SMARTS) is 1. The molecule has 0 aliphatic heterocycles. The summed E-state index contributed by atoms with van der Waals surface area (Å²) in [6.45, 7) is 10.1. The minimum atomic E-state index is -0.862. The van der Waals surface area contributed by atoms with Crippen LogP contribution < -0.4 is 5.32 Å². The number of aromatic nitrogens is 2. The van der Waals surface area contributed by atoms with Crippen LogP contribution >= 0.6 is 0 Å². The predicted molar refractivity (Wildman–Crippen MR) is 130 cm³/mol. The average Bonchev–Trinajstić information content (AvgIpc) is 3.28. The number of aromatic amines is 1. The Morgan fingerprint density at radius 2 is 1.81 bits per heavy atom. The highest BCUT2D eigenvalue weighted by Gasteiger charge is 2.22. The number of fused-ring (bicyclic) bond motifs is 1. The normalized spacial score (nSPS) is 11.4. The molecule has 0 unspecified atom stereocenters. The Morgan fingerprint density at radius 1 is 1.03 bits per heavy atom. The number of carbonyl (C=O) groups is 1. The first kappa shape index (κ1) is 21.9. The van der Waals surface area contributed by atoms with Gasteiger partial charge in [0.15, 0.2) is 0 Å². The molecule has 0 aliphatic rings. The zero-order chi connectivity index (χ0) is 22.8. The Morgan fingerprint density at radius 3 is 2.59 bits per heavy atom. The van der Waals surface area contributed by atoms with Crippen LogP contribution in [0.2, 0.25) is 0 Å². The molecule has 4 rings (SSSR count). The van der Waals surface area contributed by atoms with E-state index < -0.39 is 5.97 Å². The molecule has 0 atom stereocenters. The largest absolute Gasteiger partial charge is 0.478 e. The van der Waals surface area contributed by atoms with Gasteiger partial charge in [0.2, 0.25) is 0 Å². The average molecular weight is 430 g/mol. The molecule has 4 aromatic rings. The number of para-hydroxylation sites is 1. The Labute approximate surface area is 189 Å². The summed E-state index contributed by atoms with van der Waals surface area (Å²) in [4.78, 5) is 15.4. The van der Waals surface area contributed by atoms with E-state index in [1.54, 1.807) is 0 Å². The molecule has 0 saturated heterocycles. The molecule has 0 amide bonds. The van der Waals surface area contributed by atoms with Crippen LogP contribution in [0.1, 0.15) is 49.6 Å². The number of aromatic carboxylic acids is 1. The van der Waals surface area contributed by atoms with Crippen molar-refractivity contribution in [2.24, 2.45) is 0 Å². The summed E-state index contributed by atoms with van der Waals surface area (Å²) in [6.07, 6.45) is 2.94. The molecule has 2 aromatic heterocycles. The van der Waals surface area contributed by atoms with Gasteiger partial charge in [0.1, 0.15) is 0 Å². The lowest BCUT2D eigenvalue weighted by molar-refractivity contribution is 0.0694. The van der Waals surface area contributed by atoms with Gasteiger partial charge >= 0.3 is 5.97 Å². The summed E-state index contributed by atoms with van der Waals surface area (Å²) in [6, 6.07) is 14.7. The van der Waals surface area contributed by atoms with Crippen molar-refractivity contribution in [1.29, 1.82) is 0 Å². The highest BCUT2D eigenvalue weighted by Crippen LogP contribution is 2.25. The molecule has 5 nitrogen and oxygen atoms in total. The fraction of sp³-hybridized carbons (Fsp3) is 0.296. The molecule has 0 aliphatic carbocycles. The molecule has 2 aromatic carbocycles. The van der Waals surface area contributed by atoms with Gasteiger partial charge in [0, 0.05) is 47.1 Å². The predicted octanol–water partition coefficient (Wildman–Crippen LogP) is 5.28. The second-order valence-corrected chi connectivity index (χ2v) is 8.63. The van der Waals surface area contributed by atoms with E-state index in [2.05, 4.69) is 71.3 Å². The first-order chi connectivity index (χ1) is 15.4. The second kappa shape index (κ2) is 9.05. The van der Waals surface area contributed by atoms with Crippen LogP contribution in [0.4, 0.5) is 0 Å². The minimum absolute atomic E-state index is 0.424. The topological polar surface area (TPSA) is 70.0 Å². The van der Waals surface area contributed by atoms with E-state index in [0.717, 1.165) is 35.4 Å². The van der Waals surface area contributed by atoms with E-state index in [4.69, 9.17) is 0 Å².